The highest BCUT2D eigenvalue weighted by Gasteiger charge is 2.21. The molecular weight excluding hydrogens is 346 g/mol. The van der Waals surface area contributed by atoms with Gasteiger partial charge >= 0.3 is 0 Å². The van der Waals surface area contributed by atoms with Gasteiger partial charge in [0, 0.05) is 5.69 Å². The number of hydrogen-bond donors (Lipinski definition) is 1. The number of aryl methyl sites for hydroxylation is 1. The summed E-state index contributed by atoms with van der Waals surface area (Å²) in [6.45, 7) is 2.84. The summed E-state index contributed by atoms with van der Waals surface area (Å²) < 4.78 is 5.54. The lowest BCUT2D eigenvalue weighted by molar-refractivity contribution is -0.118. The summed E-state index contributed by atoms with van der Waals surface area (Å²) in [5.41, 5.74) is 3.93. The van der Waals surface area contributed by atoms with Crippen LogP contribution in [0.1, 0.15) is 28.8 Å². The van der Waals surface area contributed by atoms with E-state index in [9.17, 15) is 10.1 Å². The Morgan fingerprint density at radius 2 is 2.15 bits per heavy atom. The van der Waals surface area contributed by atoms with Crippen molar-refractivity contribution in [1.82, 2.24) is 10.3 Å². The number of nitriles is 1. The number of aromatic nitrogens is 1. The molecule has 134 valence electrons. The number of nitrogens with zero attached hydrogens (tertiary/aromatic N) is 2. The van der Waals surface area contributed by atoms with Gasteiger partial charge in [-0.05, 0) is 49.4 Å². The summed E-state index contributed by atoms with van der Waals surface area (Å²) in [4.78, 5) is 16.7. The number of para-hydroxylation sites is 1. The Morgan fingerprint density at radius 1 is 1.35 bits per heavy atom. The summed E-state index contributed by atoms with van der Waals surface area (Å²) in [6, 6.07) is 11.7. The SMILES string of the molecule is Cc1c(C#N)c(SCC(=O)NCCOc2ccccc2)nc2c1CCC2. The van der Waals surface area contributed by atoms with Crippen molar-refractivity contribution in [3.8, 4) is 11.8 Å². The van der Waals surface area contributed by atoms with Gasteiger partial charge in [0.1, 0.15) is 23.5 Å². The van der Waals surface area contributed by atoms with Crippen LogP contribution in [-0.2, 0) is 17.6 Å². The number of nitrogens with one attached hydrogen (secondary N) is 1. The number of hydrogen-bond acceptors (Lipinski definition) is 5. The molecule has 0 atom stereocenters. The van der Waals surface area contributed by atoms with Crippen LogP contribution in [0.3, 0.4) is 0 Å². The van der Waals surface area contributed by atoms with Crippen molar-refractivity contribution in [2.24, 2.45) is 0 Å². The number of carbonyl (C=O) groups excluding carboxylic acids is 1. The molecule has 2 aromatic rings. The first kappa shape index (κ1) is 18.3. The van der Waals surface area contributed by atoms with Gasteiger partial charge in [0.25, 0.3) is 0 Å². The average molecular weight is 367 g/mol. The third-order valence-electron chi connectivity index (χ3n) is 4.35. The van der Waals surface area contributed by atoms with Gasteiger partial charge in [-0.25, -0.2) is 4.98 Å². The molecule has 0 saturated carbocycles. The number of benzene rings is 1. The van der Waals surface area contributed by atoms with Crippen LogP contribution in [0.15, 0.2) is 35.4 Å². The molecule has 0 saturated heterocycles. The molecule has 0 spiro atoms. The molecule has 1 aromatic heterocycles. The lowest BCUT2D eigenvalue weighted by atomic mass is 10.0. The van der Waals surface area contributed by atoms with E-state index in [-0.39, 0.29) is 11.7 Å². The van der Waals surface area contributed by atoms with Crippen LogP contribution in [0.4, 0.5) is 0 Å². The van der Waals surface area contributed by atoms with Gasteiger partial charge < -0.3 is 10.1 Å². The fourth-order valence-corrected chi connectivity index (χ4v) is 3.93. The van der Waals surface area contributed by atoms with Gasteiger partial charge in [0.15, 0.2) is 0 Å². The Hall–Kier alpha value is -2.52. The molecular formula is C20H21N3O2S. The molecule has 5 nitrogen and oxygen atoms in total. The summed E-state index contributed by atoms with van der Waals surface area (Å²) >= 11 is 1.33. The maximum Gasteiger partial charge on any atom is 0.230 e. The van der Waals surface area contributed by atoms with Crippen molar-refractivity contribution in [3.05, 3.63) is 52.7 Å². The number of carbonyl (C=O) groups is 1. The lowest BCUT2D eigenvalue weighted by Crippen LogP contribution is -2.29. The third-order valence-corrected chi connectivity index (χ3v) is 5.33. The van der Waals surface area contributed by atoms with E-state index in [0.29, 0.717) is 23.7 Å². The number of amides is 1. The molecule has 3 rings (SSSR count). The van der Waals surface area contributed by atoms with Gasteiger partial charge in [-0.3, -0.25) is 4.79 Å². The van der Waals surface area contributed by atoms with Crippen molar-refractivity contribution >= 4 is 17.7 Å². The maximum absolute atomic E-state index is 12.0. The molecule has 1 aliphatic carbocycles. The first-order chi connectivity index (χ1) is 12.7. The second kappa shape index (κ2) is 8.72. The summed E-state index contributed by atoms with van der Waals surface area (Å²) in [5.74, 6) is 0.939. The molecule has 0 radical (unpaired) electrons. The Kier molecular flexibility index (Phi) is 6.13. The predicted octanol–water partition coefficient (Wildman–Crippen LogP) is 3.04. The van der Waals surface area contributed by atoms with Crippen molar-refractivity contribution in [1.29, 1.82) is 5.26 Å². The molecule has 26 heavy (non-hydrogen) atoms. The highest BCUT2D eigenvalue weighted by Crippen LogP contribution is 2.31. The largest absolute Gasteiger partial charge is 0.492 e. The Balaban J connectivity index is 1.49. The number of pyridine rings is 1. The molecule has 0 aliphatic heterocycles. The van der Waals surface area contributed by atoms with Crippen LogP contribution in [-0.4, -0.2) is 29.8 Å². The first-order valence-electron chi connectivity index (χ1n) is 8.69. The second-order valence-electron chi connectivity index (χ2n) is 6.11. The van der Waals surface area contributed by atoms with E-state index in [1.165, 1.54) is 17.3 Å². The van der Waals surface area contributed by atoms with Gasteiger partial charge in [-0.15, -0.1) is 0 Å². The van der Waals surface area contributed by atoms with Crippen LogP contribution < -0.4 is 10.1 Å². The van der Waals surface area contributed by atoms with E-state index in [0.717, 1.165) is 36.3 Å². The second-order valence-corrected chi connectivity index (χ2v) is 7.07. The van der Waals surface area contributed by atoms with E-state index < -0.39 is 0 Å². The van der Waals surface area contributed by atoms with Crippen molar-refractivity contribution in [3.63, 3.8) is 0 Å². The van der Waals surface area contributed by atoms with Gasteiger partial charge in [-0.1, -0.05) is 30.0 Å². The van der Waals surface area contributed by atoms with Gasteiger partial charge in [0.2, 0.25) is 5.91 Å². The number of rotatable bonds is 7. The number of fused-ring (bicyclic) bond motifs is 1. The third kappa shape index (κ3) is 4.36. The number of thioether (sulfide) groups is 1. The minimum Gasteiger partial charge on any atom is -0.492 e. The topological polar surface area (TPSA) is 75.0 Å². The molecule has 0 fully saturated rings. The Bertz CT molecular complexity index is 831. The van der Waals surface area contributed by atoms with Gasteiger partial charge in [-0.2, -0.15) is 5.26 Å². The summed E-state index contributed by atoms with van der Waals surface area (Å²) in [7, 11) is 0. The van der Waals surface area contributed by atoms with Crippen LogP contribution in [0.25, 0.3) is 0 Å². The first-order valence-corrected chi connectivity index (χ1v) is 9.67. The van der Waals surface area contributed by atoms with Gasteiger partial charge in [0.05, 0.1) is 17.9 Å². The summed E-state index contributed by atoms with van der Waals surface area (Å²) in [5, 5.41) is 13.0. The quantitative estimate of drug-likeness (QED) is 0.601. The summed E-state index contributed by atoms with van der Waals surface area (Å²) in [6.07, 6.45) is 3.04. The monoisotopic (exact) mass is 367 g/mol. The van der Waals surface area contributed by atoms with E-state index in [1.807, 2.05) is 37.3 Å². The van der Waals surface area contributed by atoms with Crippen LogP contribution >= 0.6 is 11.8 Å². The van der Waals surface area contributed by atoms with Crippen LogP contribution in [0, 0.1) is 18.3 Å². The van der Waals surface area contributed by atoms with E-state index in [4.69, 9.17) is 4.74 Å². The smallest absolute Gasteiger partial charge is 0.230 e. The molecule has 1 amide bonds. The van der Waals surface area contributed by atoms with Crippen LogP contribution in [0.2, 0.25) is 0 Å². The fraction of sp³-hybridized carbons (Fsp3) is 0.350. The Morgan fingerprint density at radius 3 is 2.92 bits per heavy atom. The molecule has 1 aromatic carbocycles. The highest BCUT2D eigenvalue weighted by atomic mass is 32.2. The standard InChI is InChI=1S/C20H21N3O2S/c1-14-16-8-5-9-18(16)23-20(17(14)12-21)26-13-19(24)22-10-11-25-15-6-3-2-4-7-15/h2-4,6-7H,5,8-11,13H2,1H3,(H,22,24). The lowest BCUT2D eigenvalue weighted by Gasteiger charge is -2.11. The maximum atomic E-state index is 12.0. The fourth-order valence-electron chi connectivity index (χ4n) is 3.04. The zero-order valence-electron chi connectivity index (χ0n) is 14.7. The van der Waals surface area contributed by atoms with Crippen LogP contribution in [0.5, 0.6) is 5.75 Å². The average Bonchev–Trinajstić information content (AvgIpc) is 3.13. The minimum atomic E-state index is -0.0875. The van der Waals surface area contributed by atoms with E-state index in [1.54, 1.807) is 0 Å². The predicted molar refractivity (Wildman–Crippen MR) is 101 cm³/mol. The minimum absolute atomic E-state index is 0.0875. The van der Waals surface area contributed by atoms with Crippen molar-refractivity contribution in [2.45, 2.75) is 31.2 Å². The molecule has 0 bridgehead atoms. The molecule has 1 heterocycles. The molecule has 1 aliphatic rings. The normalized spacial score (nSPS) is 12.3. The van der Waals surface area contributed by atoms with E-state index >= 15 is 0 Å². The van der Waals surface area contributed by atoms with Crippen molar-refractivity contribution < 1.29 is 9.53 Å². The molecule has 1 N–H and O–H groups in total. The van der Waals surface area contributed by atoms with Crippen molar-refractivity contribution in [2.75, 3.05) is 18.9 Å². The Labute approximate surface area is 157 Å². The molecule has 0 unspecified atom stereocenters. The number of ether oxygens (including phenoxy) is 1. The highest BCUT2D eigenvalue weighted by molar-refractivity contribution is 8.00. The molecule has 6 heteroatoms. The zero-order valence-corrected chi connectivity index (χ0v) is 15.6. The zero-order chi connectivity index (χ0) is 18.4. The van der Waals surface area contributed by atoms with E-state index in [2.05, 4.69) is 16.4 Å².